The smallest absolute Gasteiger partial charge is 0.214 e. The van der Waals surface area contributed by atoms with E-state index in [1.54, 1.807) is 18.3 Å². The first-order valence-electron chi connectivity index (χ1n) is 6.75. The quantitative estimate of drug-likeness (QED) is 0.787. The number of rotatable bonds is 2. The summed E-state index contributed by atoms with van der Waals surface area (Å²) < 4.78 is 13.2. The van der Waals surface area contributed by atoms with Crippen molar-refractivity contribution >= 4 is 11.6 Å². The van der Waals surface area contributed by atoms with E-state index < -0.39 is 5.95 Å². The van der Waals surface area contributed by atoms with E-state index in [9.17, 15) is 4.39 Å². The Balaban J connectivity index is 1.66. The van der Waals surface area contributed by atoms with Gasteiger partial charge in [0.2, 0.25) is 5.95 Å². The molecule has 0 aliphatic carbocycles. The molecule has 3 heterocycles. The predicted octanol–water partition coefficient (Wildman–Crippen LogP) is 1.81. The molecule has 0 atom stereocenters. The Labute approximate surface area is 122 Å². The van der Waals surface area contributed by atoms with Crippen molar-refractivity contribution in [1.29, 1.82) is 5.26 Å². The molecule has 0 N–H and O–H groups in total. The number of anilines is 2. The molecule has 0 spiro atoms. The van der Waals surface area contributed by atoms with Crippen LogP contribution in [-0.4, -0.2) is 36.1 Å². The molecule has 6 heteroatoms. The van der Waals surface area contributed by atoms with Crippen LogP contribution < -0.4 is 9.80 Å². The topological polar surface area (TPSA) is 56.1 Å². The fourth-order valence-electron chi connectivity index (χ4n) is 2.38. The van der Waals surface area contributed by atoms with Gasteiger partial charge < -0.3 is 9.80 Å². The summed E-state index contributed by atoms with van der Waals surface area (Å²) in [6.45, 7) is 3.10. The molecule has 1 fully saturated rings. The van der Waals surface area contributed by atoms with E-state index in [0.29, 0.717) is 11.4 Å². The zero-order valence-corrected chi connectivity index (χ0v) is 11.4. The van der Waals surface area contributed by atoms with Crippen LogP contribution in [0.5, 0.6) is 0 Å². The van der Waals surface area contributed by atoms with E-state index in [1.807, 2.05) is 12.1 Å². The fourth-order valence-corrected chi connectivity index (χ4v) is 2.38. The van der Waals surface area contributed by atoms with Crippen LogP contribution in [0.4, 0.5) is 16.0 Å². The second-order valence-electron chi connectivity index (χ2n) is 4.81. The Hall–Kier alpha value is -2.68. The van der Waals surface area contributed by atoms with Crippen LogP contribution >= 0.6 is 0 Å². The van der Waals surface area contributed by atoms with Crippen molar-refractivity contribution in [2.24, 2.45) is 0 Å². The van der Waals surface area contributed by atoms with Gasteiger partial charge in [-0.2, -0.15) is 9.65 Å². The molecule has 0 aromatic carbocycles. The first-order valence-corrected chi connectivity index (χ1v) is 6.75. The molecule has 106 valence electrons. The summed E-state index contributed by atoms with van der Waals surface area (Å²) in [5, 5.41) is 8.77. The van der Waals surface area contributed by atoms with Gasteiger partial charge in [-0.1, -0.05) is 6.07 Å². The van der Waals surface area contributed by atoms with Crippen molar-refractivity contribution in [2.45, 2.75) is 0 Å². The number of hydrogen-bond donors (Lipinski definition) is 0. The van der Waals surface area contributed by atoms with Crippen LogP contribution in [0.1, 0.15) is 5.56 Å². The summed E-state index contributed by atoms with van der Waals surface area (Å²) in [7, 11) is 0. The molecular formula is C15H14FN5. The van der Waals surface area contributed by atoms with Gasteiger partial charge in [-0.05, 0) is 24.3 Å². The first kappa shape index (κ1) is 13.3. The van der Waals surface area contributed by atoms with Gasteiger partial charge >= 0.3 is 0 Å². The number of nitrogens with zero attached hydrogens (tertiary/aromatic N) is 5. The Morgan fingerprint density at radius 3 is 2.29 bits per heavy atom. The monoisotopic (exact) mass is 283 g/mol. The van der Waals surface area contributed by atoms with Gasteiger partial charge in [-0.3, -0.25) is 0 Å². The maximum atomic E-state index is 13.2. The summed E-state index contributed by atoms with van der Waals surface area (Å²) in [5.41, 5.74) is 0.557. The van der Waals surface area contributed by atoms with Crippen LogP contribution in [-0.2, 0) is 0 Å². The summed E-state index contributed by atoms with van der Waals surface area (Å²) in [5.74, 6) is 1.08. The molecule has 5 nitrogen and oxygen atoms in total. The van der Waals surface area contributed by atoms with Crippen molar-refractivity contribution in [3.8, 4) is 6.07 Å². The minimum Gasteiger partial charge on any atom is -0.353 e. The third-order valence-electron chi connectivity index (χ3n) is 3.51. The summed E-state index contributed by atoms with van der Waals surface area (Å²) in [6.07, 6.45) is 1.58. The van der Waals surface area contributed by atoms with E-state index in [1.165, 1.54) is 6.07 Å². The van der Waals surface area contributed by atoms with E-state index in [4.69, 9.17) is 5.26 Å². The third kappa shape index (κ3) is 2.92. The Morgan fingerprint density at radius 2 is 1.71 bits per heavy atom. The number of aromatic nitrogens is 2. The van der Waals surface area contributed by atoms with Crippen molar-refractivity contribution in [2.75, 3.05) is 36.0 Å². The maximum Gasteiger partial charge on any atom is 0.214 e. The van der Waals surface area contributed by atoms with Crippen LogP contribution in [0.15, 0.2) is 36.5 Å². The van der Waals surface area contributed by atoms with Crippen LogP contribution in [0.2, 0.25) is 0 Å². The average Bonchev–Trinajstić information content (AvgIpc) is 2.55. The molecule has 0 amide bonds. The van der Waals surface area contributed by atoms with Crippen LogP contribution in [0.25, 0.3) is 0 Å². The number of hydrogen-bond acceptors (Lipinski definition) is 5. The molecule has 0 saturated carbocycles. The van der Waals surface area contributed by atoms with E-state index >= 15 is 0 Å². The van der Waals surface area contributed by atoms with Gasteiger partial charge in [0.25, 0.3) is 0 Å². The van der Waals surface area contributed by atoms with Gasteiger partial charge in [-0.15, -0.1) is 0 Å². The standard InChI is InChI=1S/C15H14FN5/c16-13-2-1-3-15(19-13)21-8-6-20(7-9-21)14-5-4-12(10-17)11-18-14/h1-5,11H,6-9H2. The van der Waals surface area contributed by atoms with Crippen molar-refractivity contribution in [3.63, 3.8) is 0 Å². The highest BCUT2D eigenvalue weighted by molar-refractivity contribution is 5.46. The number of pyridine rings is 2. The SMILES string of the molecule is N#Cc1ccc(N2CCN(c3cccc(F)n3)CC2)nc1. The van der Waals surface area contributed by atoms with Gasteiger partial charge in [-0.25, -0.2) is 9.97 Å². The first-order chi connectivity index (χ1) is 10.3. The van der Waals surface area contributed by atoms with Crippen molar-refractivity contribution < 1.29 is 4.39 Å². The lowest BCUT2D eigenvalue weighted by molar-refractivity contribution is 0.574. The highest BCUT2D eigenvalue weighted by atomic mass is 19.1. The largest absolute Gasteiger partial charge is 0.353 e. The summed E-state index contributed by atoms with van der Waals surface area (Å²) in [6, 6.07) is 10.5. The fraction of sp³-hybridized carbons (Fsp3) is 0.267. The molecular weight excluding hydrogens is 269 g/mol. The average molecular weight is 283 g/mol. The zero-order chi connectivity index (χ0) is 14.7. The molecule has 3 rings (SSSR count). The molecule has 1 saturated heterocycles. The summed E-state index contributed by atoms with van der Waals surface area (Å²) >= 11 is 0. The van der Waals surface area contributed by atoms with Crippen molar-refractivity contribution in [3.05, 3.63) is 48.0 Å². The molecule has 21 heavy (non-hydrogen) atoms. The predicted molar refractivity (Wildman–Crippen MR) is 77.6 cm³/mol. The highest BCUT2D eigenvalue weighted by Gasteiger charge is 2.19. The summed E-state index contributed by atoms with van der Waals surface area (Å²) in [4.78, 5) is 12.4. The normalized spacial score (nSPS) is 14.9. The molecule has 0 unspecified atom stereocenters. The zero-order valence-electron chi connectivity index (χ0n) is 11.4. The number of piperazine rings is 1. The van der Waals surface area contributed by atoms with Crippen molar-refractivity contribution in [1.82, 2.24) is 9.97 Å². The third-order valence-corrected chi connectivity index (χ3v) is 3.51. The lowest BCUT2D eigenvalue weighted by Gasteiger charge is -2.36. The highest BCUT2D eigenvalue weighted by Crippen LogP contribution is 2.17. The van der Waals surface area contributed by atoms with Gasteiger partial charge in [0, 0.05) is 32.4 Å². The lowest BCUT2D eigenvalue weighted by atomic mass is 10.2. The van der Waals surface area contributed by atoms with Crippen LogP contribution in [0, 0.1) is 17.3 Å². The maximum absolute atomic E-state index is 13.2. The Morgan fingerprint density at radius 1 is 1.00 bits per heavy atom. The molecule has 2 aromatic heterocycles. The minimum atomic E-state index is -0.455. The Bertz CT molecular complexity index is 657. The van der Waals surface area contributed by atoms with E-state index in [-0.39, 0.29) is 0 Å². The van der Waals surface area contributed by atoms with Gasteiger partial charge in [0.15, 0.2) is 0 Å². The minimum absolute atomic E-state index is 0.455. The second-order valence-corrected chi connectivity index (χ2v) is 4.81. The van der Waals surface area contributed by atoms with E-state index in [0.717, 1.165) is 32.0 Å². The molecule has 0 bridgehead atoms. The Kier molecular flexibility index (Phi) is 3.65. The number of halogens is 1. The van der Waals surface area contributed by atoms with Gasteiger partial charge in [0.05, 0.1) is 5.56 Å². The van der Waals surface area contributed by atoms with E-state index in [2.05, 4.69) is 25.8 Å². The van der Waals surface area contributed by atoms with Gasteiger partial charge in [0.1, 0.15) is 17.7 Å². The number of nitriles is 1. The second kappa shape index (κ2) is 5.75. The molecule has 1 aliphatic rings. The molecule has 1 aliphatic heterocycles. The molecule has 0 radical (unpaired) electrons. The molecule has 2 aromatic rings. The van der Waals surface area contributed by atoms with Crippen LogP contribution in [0.3, 0.4) is 0 Å². The lowest BCUT2D eigenvalue weighted by Crippen LogP contribution is -2.47.